The van der Waals surface area contributed by atoms with Gasteiger partial charge >= 0.3 is 0 Å². The molecule has 1 aromatic heterocycles. The van der Waals surface area contributed by atoms with E-state index in [0.29, 0.717) is 13.1 Å². The minimum Gasteiger partial charge on any atom is -0.368 e. The van der Waals surface area contributed by atoms with Crippen molar-refractivity contribution in [2.24, 2.45) is 0 Å². The Morgan fingerprint density at radius 2 is 1.97 bits per heavy atom. The molecule has 1 unspecified atom stereocenters. The molecule has 5 nitrogen and oxygen atoms in total. The predicted molar refractivity (Wildman–Crippen MR) is 109 cm³/mol. The van der Waals surface area contributed by atoms with E-state index in [0.717, 1.165) is 45.1 Å². The van der Waals surface area contributed by atoms with Crippen LogP contribution in [0, 0.1) is 5.82 Å². The van der Waals surface area contributed by atoms with Crippen LogP contribution in [0.15, 0.2) is 48.7 Å². The summed E-state index contributed by atoms with van der Waals surface area (Å²) in [6, 6.07) is 13.3. The monoisotopic (exact) mass is 397 g/mol. The van der Waals surface area contributed by atoms with Crippen LogP contribution in [0.25, 0.3) is 0 Å². The van der Waals surface area contributed by atoms with Crippen molar-refractivity contribution in [2.45, 2.75) is 37.9 Å². The summed E-state index contributed by atoms with van der Waals surface area (Å²) in [7, 11) is 0. The molecule has 3 heterocycles. The average molecular weight is 397 g/mol. The Balaban J connectivity index is 1.35. The molecule has 1 atom stereocenters. The number of likely N-dealkylation sites (tertiary alicyclic amines) is 1. The molecule has 2 fully saturated rings. The molecule has 29 heavy (non-hydrogen) atoms. The van der Waals surface area contributed by atoms with Gasteiger partial charge < -0.3 is 14.5 Å². The van der Waals surface area contributed by atoms with E-state index in [2.05, 4.69) is 34.1 Å². The highest BCUT2D eigenvalue weighted by atomic mass is 19.1. The maximum atomic E-state index is 13.1. The Kier molecular flexibility index (Phi) is 5.92. The summed E-state index contributed by atoms with van der Waals surface area (Å²) in [6.45, 7) is 6.10. The summed E-state index contributed by atoms with van der Waals surface area (Å²) >= 11 is 0. The first-order valence-corrected chi connectivity index (χ1v) is 10.4. The van der Waals surface area contributed by atoms with Crippen LogP contribution in [0.1, 0.15) is 35.8 Å². The Morgan fingerprint density at radius 1 is 1.21 bits per heavy atom. The SMILES string of the molecule is CC1CN(C(=O)c2ccc(F)cn2)CC2(CCN(CCc3ccccc3)CC2)O1. The topological polar surface area (TPSA) is 45.7 Å². The summed E-state index contributed by atoms with van der Waals surface area (Å²) in [5, 5.41) is 0. The van der Waals surface area contributed by atoms with Crippen molar-refractivity contribution in [1.82, 2.24) is 14.8 Å². The van der Waals surface area contributed by atoms with Crippen LogP contribution >= 0.6 is 0 Å². The maximum Gasteiger partial charge on any atom is 0.272 e. The predicted octanol–water partition coefficient (Wildman–Crippen LogP) is 3.16. The van der Waals surface area contributed by atoms with E-state index in [4.69, 9.17) is 4.74 Å². The van der Waals surface area contributed by atoms with Gasteiger partial charge in [-0.15, -0.1) is 0 Å². The van der Waals surface area contributed by atoms with Crippen molar-refractivity contribution < 1.29 is 13.9 Å². The van der Waals surface area contributed by atoms with Crippen LogP contribution in [0.4, 0.5) is 4.39 Å². The second kappa shape index (κ2) is 8.59. The lowest BCUT2D eigenvalue weighted by molar-refractivity contribution is -0.161. The molecule has 0 bridgehead atoms. The summed E-state index contributed by atoms with van der Waals surface area (Å²) in [5.74, 6) is -0.581. The van der Waals surface area contributed by atoms with E-state index in [-0.39, 0.29) is 23.3 Å². The molecule has 0 N–H and O–H groups in total. The van der Waals surface area contributed by atoms with E-state index >= 15 is 0 Å². The number of piperidine rings is 1. The number of benzene rings is 1. The van der Waals surface area contributed by atoms with Crippen LogP contribution in [0.3, 0.4) is 0 Å². The van der Waals surface area contributed by atoms with E-state index in [1.807, 2.05) is 17.9 Å². The number of aromatic nitrogens is 1. The zero-order valence-corrected chi connectivity index (χ0v) is 16.9. The first-order chi connectivity index (χ1) is 14.0. The molecule has 1 amide bonds. The Bertz CT molecular complexity index is 820. The normalized spacial score (nSPS) is 22.0. The molecule has 2 aliphatic rings. The number of nitrogens with zero attached hydrogens (tertiary/aromatic N) is 3. The van der Waals surface area contributed by atoms with Crippen molar-refractivity contribution in [3.8, 4) is 0 Å². The third kappa shape index (κ3) is 4.82. The largest absolute Gasteiger partial charge is 0.368 e. The van der Waals surface area contributed by atoms with Gasteiger partial charge in [0.1, 0.15) is 11.5 Å². The third-order valence-electron chi connectivity index (χ3n) is 5.97. The van der Waals surface area contributed by atoms with Crippen molar-refractivity contribution in [3.05, 3.63) is 65.7 Å². The minimum atomic E-state index is -0.434. The van der Waals surface area contributed by atoms with Gasteiger partial charge in [-0.1, -0.05) is 30.3 Å². The number of carbonyl (C=O) groups excluding carboxylic acids is 1. The van der Waals surface area contributed by atoms with Gasteiger partial charge in [0.05, 0.1) is 24.4 Å². The number of hydrogen-bond donors (Lipinski definition) is 0. The molecule has 154 valence electrons. The quantitative estimate of drug-likeness (QED) is 0.795. The van der Waals surface area contributed by atoms with Gasteiger partial charge in [0, 0.05) is 26.2 Å². The highest BCUT2D eigenvalue weighted by molar-refractivity contribution is 5.92. The van der Waals surface area contributed by atoms with E-state index < -0.39 is 5.82 Å². The first-order valence-electron chi connectivity index (χ1n) is 10.4. The first kappa shape index (κ1) is 20.0. The van der Waals surface area contributed by atoms with Crippen molar-refractivity contribution in [2.75, 3.05) is 32.7 Å². The van der Waals surface area contributed by atoms with Crippen LogP contribution in [0.2, 0.25) is 0 Å². The van der Waals surface area contributed by atoms with Gasteiger partial charge in [0.2, 0.25) is 0 Å². The zero-order valence-electron chi connectivity index (χ0n) is 16.9. The smallest absolute Gasteiger partial charge is 0.272 e. The second-order valence-corrected chi connectivity index (χ2v) is 8.24. The lowest BCUT2D eigenvalue weighted by Crippen LogP contribution is -2.60. The number of amides is 1. The molecular formula is C23H28FN3O2. The fourth-order valence-corrected chi connectivity index (χ4v) is 4.44. The van der Waals surface area contributed by atoms with E-state index in [1.165, 1.54) is 17.7 Å². The van der Waals surface area contributed by atoms with E-state index in [9.17, 15) is 9.18 Å². The number of hydrogen-bond acceptors (Lipinski definition) is 4. The Labute approximate surface area is 171 Å². The zero-order chi connectivity index (χ0) is 20.3. The number of ether oxygens (including phenoxy) is 1. The minimum absolute atomic E-state index is 0.0241. The van der Waals surface area contributed by atoms with Gasteiger partial charge in [-0.2, -0.15) is 0 Å². The third-order valence-corrected chi connectivity index (χ3v) is 5.97. The van der Waals surface area contributed by atoms with E-state index in [1.54, 1.807) is 0 Å². The lowest BCUT2D eigenvalue weighted by Gasteiger charge is -2.49. The number of carbonyl (C=O) groups is 1. The number of rotatable bonds is 4. The van der Waals surface area contributed by atoms with Crippen molar-refractivity contribution >= 4 is 5.91 Å². The Hall–Kier alpha value is -2.31. The van der Waals surface area contributed by atoms with Crippen molar-refractivity contribution in [1.29, 1.82) is 0 Å². The molecule has 4 rings (SSSR count). The summed E-state index contributed by atoms with van der Waals surface area (Å²) in [5.41, 5.74) is 1.35. The molecule has 1 spiro atoms. The summed E-state index contributed by atoms with van der Waals surface area (Å²) in [4.78, 5) is 21.2. The van der Waals surface area contributed by atoms with Crippen molar-refractivity contribution in [3.63, 3.8) is 0 Å². The lowest BCUT2D eigenvalue weighted by atomic mass is 9.88. The molecule has 0 aliphatic carbocycles. The molecule has 2 aromatic rings. The standard InChI is InChI=1S/C23H28FN3O2/c1-18-16-27(22(28)21-8-7-20(24)15-25-21)17-23(29-18)10-13-26(14-11-23)12-9-19-5-3-2-4-6-19/h2-8,15,18H,9-14,16-17H2,1H3. The summed E-state index contributed by atoms with van der Waals surface area (Å²) < 4.78 is 19.5. The maximum absolute atomic E-state index is 13.1. The highest BCUT2D eigenvalue weighted by Crippen LogP contribution is 2.33. The number of pyridine rings is 1. The molecule has 0 radical (unpaired) electrons. The van der Waals surface area contributed by atoms with Crippen LogP contribution in [-0.2, 0) is 11.2 Å². The molecule has 1 aromatic carbocycles. The van der Waals surface area contributed by atoms with Gasteiger partial charge in [0.25, 0.3) is 5.91 Å². The second-order valence-electron chi connectivity index (χ2n) is 8.24. The molecule has 2 saturated heterocycles. The molecule has 2 aliphatic heterocycles. The molecule has 6 heteroatoms. The van der Waals surface area contributed by atoms with Gasteiger partial charge in [-0.05, 0) is 43.9 Å². The van der Waals surface area contributed by atoms with Crippen LogP contribution in [-0.4, -0.2) is 65.1 Å². The number of morpholine rings is 1. The van der Waals surface area contributed by atoms with Crippen LogP contribution < -0.4 is 0 Å². The van der Waals surface area contributed by atoms with Crippen LogP contribution in [0.5, 0.6) is 0 Å². The Morgan fingerprint density at radius 3 is 2.66 bits per heavy atom. The van der Waals surface area contributed by atoms with Gasteiger partial charge in [0.15, 0.2) is 0 Å². The summed E-state index contributed by atoms with van der Waals surface area (Å²) in [6.07, 6.45) is 3.94. The van der Waals surface area contributed by atoms with Gasteiger partial charge in [-0.25, -0.2) is 9.37 Å². The fraction of sp³-hybridized carbons (Fsp3) is 0.478. The fourth-order valence-electron chi connectivity index (χ4n) is 4.44. The number of halogens is 1. The average Bonchev–Trinajstić information content (AvgIpc) is 2.74. The molecule has 0 saturated carbocycles. The van der Waals surface area contributed by atoms with Gasteiger partial charge in [-0.3, -0.25) is 4.79 Å². The highest BCUT2D eigenvalue weighted by Gasteiger charge is 2.43. The molecular weight excluding hydrogens is 369 g/mol.